The minimum atomic E-state index is -3.92. The summed E-state index contributed by atoms with van der Waals surface area (Å²) >= 11 is 0. The van der Waals surface area contributed by atoms with Crippen molar-refractivity contribution in [3.8, 4) is 11.5 Å². The summed E-state index contributed by atoms with van der Waals surface area (Å²) < 4.78 is 38.5. The van der Waals surface area contributed by atoms with Gasteiger partial charge in [0.15, 0.2) is 20.8 Å². The molecule has 30 heavy (non-hydrogen) atoms. The van der Waals surface area contributed by atoms with E-state index in [0.717, 1.165) is 5.56 Å². The molecule has 4 rings (SSSR count). The number of carbonyl (C=O) groups excluding carboxylic acids is 1. The Kier molecular flexibility index (Phi) is 4.65. The number of rotatable bonds is 3. The van der Waals surface area contributed by atoms with Crippen LogP contribution in [0.2, 0.25) is 0 Å². The van der Waals surface area contributed by atoms with E-state index < -0.39 is 32.6 Å². The van der Waals surface area contributed by atoms with Crippen molar-refractivity contribution in [2.75, 3.05) is 7.11 Å². The highest BCUT2D eigenvalue weighted by molar-refractivity contribution is 7.92. The highest BCUT2D eigenvalue weighted by Crippen LogP contribution is 2.48. The number of hydrogen-bond acceptors (Lipinski definition) is 5. The summed E-state index contributed by atoms with van der Waals surface area (Å²) in [6.45, 7) is 7.97. The molecule has 2 bridgehead atoms. The van der Waals surface area contributed by atoms with E-state index in [-0.39, 0.29) is 10.3 Å². The van der Waals surface area contributed by atoms with Crippen molar-refractivity contribution in [1.82, 2.24) is 5.32 Å². The number of benzene rings is 2. The molecule has 1 N–H and O–H groups in total. The predicted octanol–water partition coefficient (Wildman–Crippen LogP) is 3.55. The van der Waals surface area contributed by atoms with Gasteiger partial charge in [0.05, 0.1) is 12.0 Å². The molecule has 2 aliphatic heterocycles. The third kappa shape index (κ3) is 3.35. The molecule has 0 spiro atoms. The maximum absolute atomic E-state index is 13.6. The molecule has 0 aliphatic carbocycles. The van der Waals surface area contributed by atoms with Crippen LogP contribution in [0.4, 0.5) is 0 Å². The predicted molar refractivity (Wildman–Crippen MR) is 114 cm³/mol. The van der Waals surface area contributed by atoms with E-state index in [9.17, 15) is 13.2 Å². The number of carbonyl (C=O) groups is 1. The number of amides is 1. The van der Waals surface area contributed by atoms with Gasteiger partial charge in [-0.3, -0.25) is 4.79 Å². The highest BCUT2D eigenvalue weighted by atomic mass is 32.2. The topological polar surface area (TPSA) is 81.7 Å². The third-order valence-electron chi connectivity index (χ3n) is 5.96. The number of nitrogens with one attached hydrogen (secondary N) is 1. The van der Waals surface area contributed by atoms with E-state index in [4.69, 9.17) is 9.47 Å². The van der Waals surface area contributed by atoms with Crippen molar-refractivity contribution in [2.45, 2.75) is 61.3 Å². The second-order valence-corrected chi connectivity index (χ2v) is 11.3. The zero-order valence-electron chi connectivity index (χ0n) is 17.9. The van der Waals surface area contributed by atoms with E-state index in [1.165, 1.54) is 0 Å². The smallest absolute Gasteiger partial charge is 0.242 e. The standard InChI is InChI=1S/C23H27NO5S/c1-22(2,3)14-6-9-16(10-7-14)30(26,27)20-18-13-23(4,24-21(20)25)29-19-11-8-15(28-5)12-17(18)19/h6-12,18,20H,13H2,1-5H3,(H,24,25)/t18-,20+,23+/m1/s1. The number of piperidine rings is 1. The van der Waals surface area contributed by atoms with Crippen LogP contribution in [0.5, 0.6) is 11.5 Å². The Labute approximate surface area is 177 Å². The maximum atomic E-state index is 13.6. The fourth-order valence-electron chi connectivity index (χ4n) is 4.36. The summed E-state index contributed by atoms with van der Waals surface area (Å²) in [5.74, 6) is 0.0902. The van der Waals surface area contributed by atoms with Crippen LogP contribution in [0, 0.1) is 0 Å². The van der Waals surface area contributed by atoms with Crippen LogP contribution in [0.15, 0.2) is 47.4 Å². The molecule has 1 saturated heterocycles. The van der Waals surface area contributed by atoms with Crippen LogP contribution in [0.1, 0.15) is 51.2 Å². The van der Waals surface area contributed by atoms with E-state index in [0.29, 0.717) is 23.5 Å². The Morgan fingerprint density at radius 3 is 2.40 bits per heavy atom. The van der Waals surface area contributed by atoms with Gasteiger partial charge in [-0.05, 0) is 48.2 Å². The molecule has 0 radical (unpaired) electrons. The summed E-state index contributed by atoms with van der Waals surface area (Å²) in [5, 5.41) is 1.55. The van der Waals surface area contributed by atoms with Gasteiger partial charge < -0.3 is 14.8 Å². The zero-order valence-corrected chi connectivity index (χ0v) is 18.7. The normalized spacial score (nSPS) is 25.7. The zero-order chi connectivity index (χ0) is 21.9. The largest absolute Gasteiger partial charge is 0.497 e. The first-order chi connectivity index (χ1) is 13.9. The van der Waals surface area contributed by atoms with E-state index in [1.807, 2.05) is 12.1 Å². The number of sulfone groups is 1. The third-order valence-corrected chi connectivity index (χ3v) is 8.10. The summed E-state index contributed by atoms with van der Waals surface area (Å²) in [6, 6.07) is 12.1. The van der Waals surface area contributed by atoms with Gasteiger partial charge in [-0.25, -0.2) is 8.42 Å². The molecule has 1 fully saturated rings. The molecule has 0 saturated carbocycles. The summed E-state index contributed by atoms with van der Waals surface area (Å²) in [5.41, 5.74) is 0.679. The quantitative estimate of drug-likeness (QED) is 0.807. The molecule has 160 valence electrons. The SMILES string of the molecule is COc1ccc2c(c1)[C@H]1C[C@@](C)(NC(=O)[C@H]1S(=O)(=O)c1ccc(C(C)(C)C)cc1)O2. The second kappa shape index (κ2) is 6.74. The first-order valence-corrected chi connectivity index (χ1v) is 11.5. The molecule has 6 nitrogen and oxygen atoms in total. The van der Waals surface area contributed by atoms with Gasteiger partial charge in [-0.1, -0.05) is 32.9 Å². The Hall–Kier alpha value is -2.54. The van der Waals surface area contributed by atoms with E-state index >= 15 is 0 Å². The molecule has 7 heteroatoms. The Morgan fingerprint density at radius 2 is 1.80 bits per heavy atom. The lowest BCUT2D eigenvalue weighted by Crippen LogP contribution is -2.63. The van der Waals surface area contributed by atoms with Gasteiger partial charge in [0, 0.05) is 17.9 Å². The first kappa shape index (κ1) is 20.7. The molecule has 2 heterocycles. The van der Waals surface area contributed by atoms with Crippen molar-refractivity contribution in [3.05, 3.63) is 53.6 Å². The maximum Gasteiger partial charge on any atom is 0.242 e. The molecular weight excluding hydrogens is 402 g/mol. The first-order valence-electron chi connectivity index (χ1n) is 9.98. The van der Waals surface area contributed by atoms with Crippen molar-refractivity contribution in [1.29, 1.82) is 0 Å². The Morgan fingerprint density at radius 1 is 1.13 bits per heavy atom. The van der Waals surface area contributed by atoms with Crippen molar-refractivity contribution < 1.29 is 22.7 Å². The van der Waals surface area contributed by atoms with Crippen LogP contribution >= 0.6 is 0 Å². The average molecular weight is 430 g/mol. The van der Waals surface area contributed by atoms with Gasteiger partial charge in [0.2, 0.25) is 5.91 Å². The molecule has 2 aromatic rings. The van der Waals surface area contributed by atoms with Gasteiger partial charge >= 0.3 is 0 Å². The Bertz CT molecular complexity index is 1100. The fraction of sp³-hybridized carbons (Fsp3) is 0.435. The van der Waals surface area contributed by atoms with Crippen LogP contribution in [-0.4, -0.2) is 32.4 Å². The van der Waals surface area contributed by atoms with Gasteiger partial charge in [-0.15, -0.1) is 0 Å². The minimum absolute atomic E-state index is 0.0947. The minimum Gasteiger partial charge on any atom is -0.497 e. The van der Waals surface area contributed by atoms with Crippen molar-refractivity contribution >= 4 is 15.7 Å². The van der Waals surface area contributed by atoms with Gasteiger partial charge in [0.25, 0.3) is 0 Å². The number of fused-ring (bicyclic) bond motifs is 4. The number of methoxy groups -OCH3 is 1. The Balaban J connectivity index is 1.80. The number of ether oxygens (including phenoxy) is 2. The van der Waals surface area contributed by atoms with Crippen LogP contribution in [0.25, 0.3) is 0 Å². The second-order valence-electron chi connectivity index (χ2n) is 9.28. The van der Waals surface area contributed by atoms with Crippen LogP contribution in [0.3, 0.4) is 0 Å². The summed E-state index contributed by atoms with van der Waals surface area (Å²) in [6.07, 6.45) is 0.364. The van der Waals surface area contributed by atoms with E-state index in [1.54, 1.807) is 44.4 Å². The lowest BCUT2D eigenvalue weighted by atomic mass is 9.81. The van der Waals surface area contributed by atoms with Crippen LogP contribution in [-0.2, 0) is 20.0 Å². The van der Waals surface area contributed by atoms with Crippen LogP contribution < -0.4 is 14.8 Å². The molecule has 2 aliphatic rings. The lowest BCUT2D eigenvalue weighted by Gasteiger charge is -2.46. The monoisotopic (exact) mass is 429 g/mol. The lowest BCUT2D eigenvalue weighted by molar-refractivity contribution is -0.132. The molecule has 0 aromatic heterocycles. The number of hydrogen-bond donors (Lipinski definition) is 1. The fourth-order valence-corrected chi connectivity index (χ4v) is 6.18. The van der Waals surface area contributed by atoms with E-state index in [2.05, 4.69) is 26.1 Å². The molecule has 3 atom stereocenters. The highest BCUT2D eigenvalue weighted by Gasteiger charge is 2.54. The summed E-state index contributed by atoms with van der Waals surface area (Å²) in [7, 11) is -2.37. The van der Waals surface area contributed by atoms with Gasteiger partial charge in [0.1, 0.15) is 11.5 Å². The summed E-state index contributed by atoms with van der Waals surface area (Å²) in [4.78, 5) is 13.2. The van der Waals surface area contributed by atoms with Crippen molar-refractivity contribution in [2.24, 2.45) is 0 Å². The average Bonchev–Trinajstić information content (AvgIpc) is 2.66. The molecular formula is C23H27NO5S. The van der Waals surface area contributed by atoms with Crippen molar-refractivity contribution in [3.63, 3.8) is 0 Å². The molecule has 2 aromatic carbocycles. The molecule has 1 amide bonds. The molecule has 0 unspecified atom stereocenters. The van der Waals surface area contributed by atoms with Gasteiger partial charge in [-0.2, -0.15) is 0 Å².